The van der Waals surface area contributed by atoms with Gasteiger partial charge in [0.25, 0.3) is 0 Å². The van der Waals surface area contributed by atoms with Gasteiger partial charge in [0.1, 0.15) is 0 Å². The van der Waals surface area contributed by atoms with E-state index in [9.17, 15) is 9.18 Å². The highest BCUT2D eigenvalue weighted by molar-refractivity contribution is 9.10. The summed E-state index contributed by atoms with van der Waals surface area (Å²) >= 11 is 8.96. The summed E-state index contributed by atoms with van der Waals surface area (Å²) in [6, 6.07) is 3.02. The molecule has 0 radical (unpaired) electrons. The molecule has 0 aliphatic heterocycles. The monoisotopic (exact) mass is 347 g/mol. The number of hydrogen-bond acceptors (Lipinski definition) is 2. The van der Waals surface area contributed by atoms with E-state index in [1.807, 2.05) is 0 Å². The van der Waals surface area contributed by atoms with Crippen molar-refractivity contribution in [2.24, 2.45) is 11.7 Å². The van der Waals surface area contributed by atoms with Crippen LogP contribution < -0.4 is 5.73 Å². The number of benzene rings is 1. The lowest BCUT2D eigenvalue weighted by atomic mass is 9.73. The van der Waals surface area contributed by atoms with Crippen molar-refractivity contribution in [1.82, 2.24) is 0 Å². The molecular formula is C14H16BrClFNO. The van der Waals surface area contributed by atoms with Crippen LogP contribution in [-0.2, 0) is 0 Å². The first-order valence-electron chi connectivity index (χ1n) is 6.32. The fourth-order valence-corrected chi connectivity index (χ4v) is 3.24. The average Bonchev–Trinajstić information content (AvgIpc) is 2.35. The number of hydrogen-bond donors (Lipinski definition) is 1. The van der Waals surface area contributed by atoms with Crippen LogP contribution in [0.15, 0.2) is 16.6 Å². The lowest BCUT2D eigenvalue weighted by molar-refractivity contribution is 0.0815. The molecule has 0 spiro atoms. The van der Waals surface area contributed by atoms with Gasteiger partial charge in [0.15, 0.2) is 11.6 Å². The Hall–Kier alpha value is -0.450. The predicted molar refractivity (Wildman–Crippen MR) is 78.0 cm³/mol. The molecule has 0 heterocycles. The second kappa shape index (κ2) is 5.51. The molecule has 2 unspecified atom stereocenters. The molecule has 19 heavy (non-hydrogen) atoms. The van der Waals surface area contributed by atoms with E-state index in [-0.39, 0.29) is 16.4 Å². The maximum Gasteiger partial charge on any atom is 0.185 e. The van der Waals surface area contributed by atoms with Gasteiger partial charge in [0, 0.05) is 4.47 Å². The first kappa shape index (κ1) is 14.9. The third kappa shape index (κ3) is 2.86. The molecule has 5 heteroatoms. The topological polar surface area (TPSA) is 43.1 Å². The summed E-state index contributed by atoms with van der Waals surface area (Å²) in [5.74, 6) is -0.647. The number of carbonyl (C=O) groups excluding carboxylic acids is 1. The second-order valence-corrected chi connectivity index (χ2v) is 6.64. The Labute approximate surface area is 125 Å². The van der Waals surface area contributed by atoms with E-state index in [4.69, 9.17) is 17.3 Å². The summed E-state index contributed by atoms with van der Waals surface area (Å²) in [7, 11) is 0. The highest BCUT2D eigenvalue weighted by Crippen LogP contribution is 2.35. The molecule has 2 nitrogen and oxygen atoms in total. The lowest BCUT2D eigenvalue weighted by Crippen LogP contribution is -2.51. The van der Waals surface area contributed by atoms with Crippen LogP contribution in [0.3, 0.4) is 0 Å². The number of ketones is 1. The van der Waals surface area contributed by atoms with Crippen molar-refractivity contribution < 1.29 is 9.18 Å². The highest BCUT2D eigenvalue weighted by atomic mass is 79.9. The molecule has 1 saturated carbocycles. The van der Waals surface area contributed by atoms with Crippen LogP contribution in [0.1, 0.15) is 43.0 Å². The standard InChI is InChI=1S/C14H16BrClFNO/c1-8-3-2-6-14(18,7-8)13(19)9-4-5-10(15)11(16)12(9)17/h4-5,8H,2-3,6-7,18H2,1H3. The van der Waals surface area contributed by atoms with Crippen LogP contribution in [0, 0.1) is 11.7 Å². The van der Waals surface area contributed by atoms with Gasteiger partial charge in [-0.2, -0.15) is 0 Å². The van der Waals surface area contributed by atoms with Gasteiger partial charge < -0.3 is 5.73 Å². The predicted octanol–water partition coefficient (Wildman–Crippen LogP) is 4.33. The third-order valence-corrected chi connectivity index (χ3v) is 5.02. The quantitative estimate of drug-likeness (QED) is 0.638. The van der Waals surface area contributed by atoms with Gasteiger partial charge >= 0.3 is 0 Å². The molecule has 0 aromatic heterocycles. The number of nitrogens with two attached hydrogens (primary N) is 1. The molecule has 0 saturated heterocycles. The van der Waals surface area contributed by atoms with Crippen molar-refractivity contribution in [3.63, 3.8) is 0 Å². The Morgan fingerprint density at radius 2 is 2.26 bits per heavy atom. The molecule has 1 aliphatic carbocycles. The highest BCUT2D eigenvalue weighted by Gasteiger charge is 2.39. The van der Waals surface area contributed by atoms with Crippen LogP contribution in [0.5, 0.6) is 0 Å². The largest absolute Gasteiger partial charge is 0.319 e. The number of Topliss-reactive ketones (excluding diaryl/α,β-unsaturated/α-hetero) is 1. The zero-order chi connectivity index (χ0) is 14.2. The molecule has 104 valence electrons. The molecule has 0 amide bonds. The van der Waals surface area contributed by atoms with Crippen LogP contribution >= 0.6 is 27.5 Å². The maximum absolute atomic E-state index is 14.1. The van der Waals surface area contributed by atoms with Crippen LogP contribution in [0.25, 0.3) is 0 Å². The van der Waals surface area contributed by atoms with Gasteiger partial charge in [-0.05, 0) is 46.8 Å². The number of carbonyl (C=O) groups is 1. The molecule has 1 aromatic rings. The van der Waals surface area contributed by atoms with E-state index in [0.717, 1.165) is 12.8 Å². The average molecular weight is 349 g/mol. The van der Waals surface area contributed by atoms with E-state index < -0.39 is 11.4 Å². The minimum absolute atomic E-state index is 0.00944. The minimum atomic E-state index is -0.963. The van der Waals surface area contributed by atoms with Crippen molar-refractivity contribution in [2.75, 3.05) is 0 Å². The van der Waals surface area contributed by atoms with E-state index in [1.165, 1.54) is 6.07 Å². The van der Waals surface area contributed by atoms with E-state index in [1.54, 1.807) is 6.07 Å². The zero-order valence-corrected chi connectivity index (χ0v) is 13.0. The molecule has 2 atom stereocenters. The molecule has 2 rings (SSSR count). The minimum Gasteiger partial charge on any atom is -0.319 e. The summed E-state index contributed by atoms with van der Waals surface area (Å²) < 4.78 is 14.5. The lowest BCUT2D eigenvalue weighted by Gasteiger charge is -2.35. The third-order valence-electron chi connectivity index (χ3n) is 3.76. The Morgan fingerprint density at radius 1 is 1.58 bits per heavy atom. The van der Waals surface area contributed by atoms with Crippen molar-refractivity contribution in [1.29, 1.82) is 0 Å². The van der Waals surface area contributed by atoms with E-state index >= 15 is 0 Å². The summed E-state index contributed by atoms with van der Waals surface area (Å²) in [6.45, 7) is 2.07. The van der Waals surface area contributed by atoms with Gasteiger partial charge in [-0.3, -0.25) is 4.79 Å². The Kier molecular flexibility index (Phi) is 4.33. The maximum atomic E-state index is 14.1. The number of rotatable bonds is 2. The normalized spacial score (nSPS) is 27.3. The number of halogens is 3. The molecular weight excluding hydrogens is 333 g/mol. The van der Waals surface area contributed by atoms with Crippen LogP contribution in [0.2, 0.25) is 5.02 Å². The van der Waals surface area contributed by atoms with Crippen LogP contribution in [0.4, 0.5) is 4.39 Å². The Balaban J connectivity index is 2.36. The summed E-state index contributed by atoms with van der Waals surface area (Å²) in [5, 5.41) is -0.0710. The smallest absolute Gasteiger partial charge is 0.185 e. The van der Waals surface area contributed by atoms with Crippen molar-refractivity contribution in [3.8, 4) is 0 Å². The van der Waals surface area contributed by atoms with Crippen molar-refractivity contribution >= 4 is 33.3 Å². The first-order valence-corrected chi connectivity index (χ1v) is 7.49. The Morgan fingerprint density at radius 3 is 2.89 bits per heavy atom. The van der Waals surface area contributed by atoms with E-state index in [2.05, 4.69) is 22.9 Å². The van der Waals surface area contributed by atoms with Crippen LogP contribution in [-0.4, -0.2) is 11.3 Å². The summed E-state index contributed by atoms with van der Waals surface area (Å²) in [6.07, 6.45) is 3.16. The summed E-state index contributed by atoms with van der Waals surface area (Å²) in [4.78, 5) is 12.5. The Bertz CT molecular complexity index is 522. The van der Waals surface area contributed by atoms with Crippen molar-refractivity contribution in [2.45, 2.75) is 38.1 Å². The molecule has 1 fully saturated rings. The summed E-state index contributed by atoms with van der Waals surface area (Å²) in [5.41, 5.74) is 5.24. The molecule has 2 N–H and O–H groups in total. The zero-order valence-electron chi connectivity index (χ0n) is 10.7. The molecule has 1 aromatic carbocycles. The SMILES string of the molecule is CC1CCCC(N)(C(=O)c2ccc(Br)c(Cl)c2F)C1. The fraction of sp³-hybridized carbons (Fsp3) is 0.500. The van der Waals surface area contributed by atoms with Gasteiger partial charge in [0.05, 0.1) is 16.1 Å². The molecule has 1 aliphatic rings. The van der Waals surface area contributed by atoms with Gasteiger partial charge in [0.2, 0.25) is 0 Å². The van der Waals surface area contributed by atoms with Gasteiger partial charge in [-0.15, -0.1) is 0 Å². The van der Waals surface area contributed by atoms with E-state index in [0.29, 0.717) is 23.2 Å². The van der Waals surface area contributed by atoms with Gasteiger partial charge in [-0.1, -0.05) is 31.4 Å². The van der Waals surface area contributed by atoms with Gasteiger partial charge in [-0.25, -0.2) is 4.39 Å². The second-order valence-electron chi connectivity index (χ2n) is 5.41. The van der Waals surface area contributed by atoms with Crippen molar-refractivity contribution in [3.05, 3.63) is 33.0 Å². The fourth-order valence-electron chi connectivity index (χ4n) is 2.77. The molecule has 0 bridgehead atoms. The first-order chi connectivity index (χ1) is 8.85.